The molecule has 2 aliphatic heterocycles. The van der Waals surface area contributed by atoms with Gasteiger partial charge in [-0.3, -0.25) is 4.90 Å². The van der Waals surface area contributed by atoms with Crippen molar-refractivity contribution in [2.75, 3.05) is 18.0 Å². The first-order valence-corrected chi connectivity index (χ1v) is 10.8. The second-order valence-corrected chi connectivity index (χ2v) is 9.20. The number of cyclic esters (lactones) is 1. The Kier molecular flexibility index (Phi) is 5.22. The van der Waals surface area contributed by atoms with Gasteiger partial charge in [-0.15, -0.1) is 0 Å². The molecule has 0 unspecified atom stereocenters. The molecule has 10 heteroatoms. The van der Waals surface area contributed by atoms with Crippen LogP contribution in [0.2, 0.25) is 5.02 Å². The molecule has 0 aliphatic carbocycles. The van der Waals surface area contributed by atoms with E-state index in [4.69, 9.17) is 16.3 Å². The van der Waals surface area contributed by atoms with Gasteiger partial charge in [-0.05, 0) is 25.0 Å². The molecule has 29 heavy (non-hydrogen) atoms. The number of hydrogen-bond donors (Lipinski definition) is 0. The lowest BCUT2D eigenvalue weighted by Gasteiger charge is -2.39. The number of carbonyl (C=O) groups is 1. The number of nitrogens with zero attached hydrogens (tertiary/aromatic N) is 2. The predicted molar refractivity (Wildman–Crippen MR) is 102 cm³/mol. The summed E-state index contributed by atoms with van der Waals surface area (Å²) in [6, 6.07) is 8.37. The van der Waals surface area contributed by atoms with Crippen molar-refractivity contribution >= 4 is 33.4 Å². The van der Waals surface area contributed by atoms with E-state index in [9.17, 15) is 22.0 Å². The first kappa shape index (κ1) is 20.1. The van der Waals surface area contributed by atoms with Crippen molar-refractivity contribution in [3.8, 4) is 0 Å². The zero-order chi connectivity index (χ0) is 20.8. The van der Waals surface area contributed by atoms with Crippen molar-refractivity contribution in [1.29, 1.82) is 0 Å². The highest BCUT2D eigenvalue weighted by Gasteiger charge is 2.37. The average Bonchev–Trinajstić information content (AvgIpc) is 2.70. The lowest BCUT2D eigenvalue weighted by molar-refractivity contribution is 0.136. The number of rotatable bonds is 3. The molecular formula is C19H17ClF2N2O4S. The van der Waals surface area contributed by atoms with Crippen molar-refractivity contribution in [3.63, 3.8) is 0 Å². The van der Waals surface area contributed by atoms with Crippen LogP contribution >= 0.6 is 11.6 Å². The summed E-state index contributed by atoms with van der Waals surface area (Å²) in [5.41, 5.74) is 1.63. The van der Waals surface area contributed by atoms with Crippen LogP contribution in [-0.4, -0.2) is 37.9 Å². The number of anilines is 1. The molecule has 2 aromatic rings. The smallest absolute Gasteiger partial charge is 0.414 e. The Morgan fingerprint density at radius 3 is 2.48 bits per heavy atom. The Morgan fingerprint density at radius 2 is 1.76 bits per heavy atom. The number of para-hydroxylation sites is 1. The number of piperidine rings is 1. The van der Waals surface area contributed by atoms with Crippen molar-refractivity contribution in [3.05, 3.63) is 58.6 Å². The molecule has 0 aromatic heterocycles. The van der Waals surface area contributed by atoms with Crippen LogP contribution in [0, 0.1) is 11.6 Å². The van der Waals surface area contributed by atoms with Crippen LogP contribution in [0.1, 0.15) is 18.4 Å². The SMILES string of the molecule is O=C1OCc2ccccc2N1C1CCN(S(=O)(=O)c2cc(Cl)c(F)cc2F)CC1. The number of halogens is 3. The van der Waals surface area contributed by atoms with Crippen LogP contribution < -0.4 is 4.90 Å². The number of benzene rings is 2. The third-order valence-corrected chi connectivity index (χ3v) is 7.38. The topological polar surface area (TPSA) is 66.9 Å². The fourth-order valence-corrected chi connectivity index (χ4v) is 5.47. The lowest BCUT2D eigenvalue weighted by Crippen LogP contribution is -2.50. The van der Waals surface area contributed by atoms with Gasteiger partial charge >= 0.3 is 6.09 Å². The van der Waals surface area contributed by atoms with Gasteiger partial charge in [0.2, 0.25) is 10.0 Å². The second-order valence-electron chi connectivity index (χ2n) is 6.89. The Labute approximate surface area is 171 Å². The standard InChI is InChI=1S/C19H17ClF2N2O4S/c20-14-9-18(16(22)10-15(14)21)29(26,27)23-7-5-13(6-8-23)24-17-4-2-1-3-12(17)11-28-19(24)25/h1-4,9-10,13H,5-8,11H2. The zero-order valence-corrected chi connectivity index (χ0v) is 16.7. The van der Waals surface area contributed by atoms with Gasteiger partial charge in [0.15, 0.2) is 0 Å². The minimum absolute atomic E-state index is 0.0768. The predicted octanol–water partition coefficient (Wildman–Crippen LogP) is 3.93. The van der Waals surface area contributed by atoms with Crippen LogP contribution in [0.5, 0.6) is 0 Å². The van der Waals surface area contributed by atoms with Gasteiger partial charge in [0.1, 0.15) is 23.1 Å². The number of fused-ring (bicyclic) bond motifs is 1. The van der Waals surface area contributed by atoms with Crippen molar-refractivity contribution < 1.29 is 26.7 Å². The molecule has 1 fully saturated rings. The normalized spacial score (nSPS) is 18.4. The van der Waals surface area contributed by atoms with Gasteiger partial charge < -0.3 is 4.74 Å². The number of ether oxygens (including phenoxy) is 1. The first-order valence-electron chi connectivity index (χ1n) is 8.97. The molecule has 0 saturated carbocycles. The minimum Gasteiger partial charge on any atom is -0.444 e. The van der Waals surface area contributed by atoms with E-state index < -0.39 is 37.7 Å². The largest absolute Gasteiger partial charge is 0.444 e. The van der Waals surface area contributed by atoms with Gasteiger partial charge in [0.05, 0.1) is 10.7 Å². The monoisotopic (exact) mass is 442 g/mol. The summed E-state index contributed by atoms with van der Waals surface area (Å²) < 4.78 is 59.5. The molecular weight excluding hydrogens is 426 g/mol. The average molecular weight is 443 g/mol. The van der Waals surface area contributed by atoms with E-state index >= 15 is 0 Å². The molecule has 0 atom stereocenters. The van der Waals surface area contributed by atoms with Crippen molar-refractivity contribution in [2.45, 2.75) is 30.4 Å². The lowest BCUT2D eigenvalue weighted by atomic mass is 10.0. The molecule has 1 saturated heterocycles. The third kappa shape index (κ3) is 3.58. The highest BCUT2D eigenvalue weighted by atomic mass is 35.5. The fourth-order valence-electron chi connectivity index (χ4n) is 3.70. The summed E-state index contributed by atoms with van der Waals surface area (Å²) in [6.07, 6.45) is 0.222. The summed E-state index contributed by atoms with van der Waals surface area (Å²) in [4.78, 5) is 13.2. The Hall–Kier alpha value is -2.23. The highest BCUT2D eigenvalue weighted by molar-refractivity contribution is 7.89. The number of sulfonamides is 1. The van der Waals surface area contributed by atoms with Crippen LogP contribution in [0.4, 0.5) is 19.3 Å². The molecule has 0 bridgehead atoms. The van der Waals surface area contributed by atoms with Gasteiger partial charge in [0.25, 0.3) is 0 Å². The van der Waals surface area contributed by atoms with Crippen LogP contribution in [0.15, 0.2) is 41.3 Å². The summed E-state index contributed by atoms with van der Waals surface area (Å²) in [7, 11) is -4.19. The van der Waals surface area contributed by atoms with Gasteiger partial charge in [-0.1, -0.05) is 29.8 Å². The fraction of sp³-hybridized carbons (Fsp3) is 0.316. The summed E-state index contributed by atoms with van der Waals surface area (Å²) in [6.45, 7) is 0.351. The molecule has 0 spiro atoms. The minimum atomic E-state index is -4.19. The van der Waals surface area contributed by atoms with Gasteiger partial charge in [-0.25, -0.2) is 22.0 Å². The number of amides is 1. The van der Waals surface area contributed by atoms with E-state index in [1.54, 1.807) is 4.90 Å². The van der Waals surface area contributed by atoms with Crippen molar-refractivity contribution in [1.82, 2.24) is 4.31 Å². The Morgan fingerprint density at radius 1 is 1.07 bits per heavy atom. The van der Waals surface area contributed by atoms with Crippen LogP contribution in [-0.2, 0) is 21.4 Å². The summed E-state index contributed by atoms with van der Waals surface area (Å²) >= 11 is 5.64. The molecule has 0 N–H and O–H groups in total. The quantitative estimate of drug-likeness (QED) is 0.675. The van der Waals surface area contributed by atoms with Gasteiger partial charge in [-0.2, -0.15) is 4.31 Å². The maximum Gasteiger partial charge on any atom is 0.414 e. The van der Waals surface area contributed by atoms with E-state index in [0.29, 0.717) is 18.9 Å². The van der Waals surface area contributed by atoms with E-state index in [-0.39, 0.29) is 25.7 Å². The third-order valence-electron chi connectivity index (χ3n) is 5.18. The van der Waals surface area contributed by atoms with E-state index in [1.807, 2.05) is 24.3 Å². The maximum absolute atomic E-state index is 14.1. The number of hydrogen-bond acceptors (Lipinski definition) is 4. The van der Waals surface area contributed by atoms with Crippen LogP contribution in [0.3, 0.4) is 0 Å². The zero-order valence-electron chi connectivity index (χ0n) is 15.1. The van der Waals surface area contributed by atoms with E-state index in [0.717, 1.165) is 21.6 Å². The van der Waals surface area contributed by atoms with Crippen LogP contribution in [0.25, 0.3) is 0 Å². The highest BCUT2D eigenvalue weighted by Crippen LogP contribution is 2.33. The summed E-state index contributed by atoms with van der Waals surface area (Å²) in [5.74, 6) is -2.22. The maximum atomic E-state index is 14.1. The molecule has 0 radical (unpaired) electrons. The van der Waals surface area contributed by atoms with Gasteiger partial charge in [0, 0.05) is 30.8 Å². The number of carbonyl (C=O) groups excluding carboxylic acids is 1. The Bertz CT molecular complexity index is 1070. The van der Waals surface area contributed by atoms with Crippen molar-refractivity contribution in [2.24, 2.45) is 0 Å². The van der Waals surface area contributed by atoms with E-state index in [1.165, 1.54) is 0 Å². The summed E-state index contributed by atoms with van der Waals surface area (Å²) in [5, 5.41) is -0.465. The van der Waals surface area contributed by atoms with E-state index in [2.05, 4.69) is 0 Å². The Balaban J connectivity index is 1.54. The molecule has 4 rings (SSSR count). The molecule has 2 heterocycles. The first-order chi connectivity index (χ1) is 13.8. The molecule has 2 aliphatic rings. The molecule has 154 valence electrons. The molecule has 1 amide bonds. The molecule has 2 aromatic carbocycles. The molecule has 6 nitrogen and oxygen atoms in total. The second kappa shape index (κ2) is 7.55.